The second-order valence-corrected chi connectivity index (χ2v) is 4.36. The minimum absolute atomic E-state index is 0.0535. The maximum atomic E-state index is 7.52. The number of aryl methyl sites for hydroxylation is 1. The number of nitrogens with two attached hydrogens (primary N) is 1. The monoisotopic (exact) mass is 271 g/mol. The largest absolute Gasteiger partial charge is 0.497 e. The Balaban J connectivity index is 2.13. The molecule has 2 aromatic rings. The van der Waals surface area contributed by atoms with Crippen molar-refractivity contribution >= 4 is 5.84 Å². The van der Waals surface area contributed by atoms with Crippen LogP contribution in [0.25, 0.3) is 0 Å². The van der Waals surface area contributed by atoms with E-state index < -0.39 is 0 Å². The average Bonchev–Trinajstić information content (AvgIpc) is 2.45. The number of nitrogen functional groups attached to an aromatic ring is 1. The van der Waals surface area contributed by atoms with E-state index in [0.717, 1.165) is 17.0 Å². The predicted molar refractivity (Wildman–Crippen MR) is 77.3 cm³/mol. The van der Waals surface area contributed by atoms with Gasteiger partial charge >= 0.3 is 0 Å². The molecule has 0 aliphatic rings. The van der Waals surface area contributed by atoms with E-state index in [2.05, 4.69) is 4.98 Å². The summed E-state index contributed by atoms with van der Waals surface area (Å²) >= 11 is 0. The SMILES string of the molecule is COc1ccc(COc2nc(C)ccc2C(=N)N)cc1. The van der Waals surface area contributed by atoms with Crippen LogP contribution in [0.3, 0.4) is 0 Å². The van der Waals surface area contributed by atoms with E-state index in [9.17, 15) is 0 Å². The summed E-state index contributed by atoms with van der Waals surface area (Å²) in [6.07, 6.45) is 0. The Bertz CT molecular complexity index is 609. The van der Waals surface area contributed by atoms with E-state index in [-0.39, 0.29) is 5.84 Å². The molecular weight excluding hydrogens is 254 g/mol. The Hall–Kier alpha value is -2.56. The lowest BCUT2D eigenvalue weighted by molar-refractivity contribution is 0.292. The van der Waals surface area contributed by atoms with Crippen molar-refractivity contribution in [3.8, 4) is 11.6 Å². The van der Waals surface area contributed by atoms with Gasteiger partial charge in [0.2, 0.25) is 5.88 Å². The maximum absolute atomic E-state index is 7.52. The predicted octanol–water partition coefficient (Wildman–Crippen LogP) is 2.26. The van der Waals surface area contributed by atoms with Crippen molar-refractivity contribution in [1.29, 1.82) is 5.41 Å². The van der Waals surface area contributed by atoms with E-state index in [0.29, 0.717) is 18.1 Å². The highest BCUT2D eigenvalue weighted by Gasteiger charge is 2.09. The smallest absolute Gasteiger partial charge is 0.225 e. The van der Waals surface area contributed by atoms with Crippen LogP contribution in [0, 0.1) is 12.3 Å². The van der Waals surface area contributed by atoms with Gasteiger partial charge in [-0.1, -0.05) is 12.1 Å². The van der Waals surface area contributed by atoms with Crippen LogP contribution >= 0.6 is 0 Å². The van der Waals surface area contributed by atoms with Gasteiger partial charge in [0.1, 0.15) is 18.2 Å². The van der Waals surface area contributed by atoms with Crippen LogP contribution in [0.5, 0.6) is 11.6 Å². The van der Waals surface area contributed by atoms with Crippen molar-refractivity contribution < 1.29 is 9.47 Å². The van der Waals surface area contributed by atoms with Gasteiger partial charge in [-0.15, -0.1) is 0 Å². The van der Waals surface area contributed by atoms with Crippen LogP contribution in [0.1, 0.15) is 16.8 Å². The van der Waals surface area contributed by atoms with Gasteiger partial charge in [0.15, 0.2) is 0 Å². The average molecular weight is 271 g/mol. The second-order valence-electron chi connectivity index (χ2n) is 4.36. The van der Waals surface area contributed by atoms with Gasteiger partial charge in [-0.05, 0) is 36.8 Å². The molecule has 0 amide bonds. The highest BCUT2D eigenvalue weighted by atomic mass is 16.5. The Morgan fingerprint density at radius 1 is 1.20 bits per heavy atom. The van der Waals surface area contributed by atoms with Crippen molar-refractivity contribution in [3.05, 3.63) is 53.2 Å². The number of aromatic nitrogens is 1. The molecular formula is C15H17N3O2. The van der Waals surface area contributed by atoms with Gasteiger partial charge in [0, 0.05) is 5.69 Å². The first kappa shape index (κ1) is 13.9. The number of ether oxygens (including phenoxy) is 2. The standard InChI is InChI=1S/C15H17N3O2/c1-10-3-8-13(14(16)17)15(18-10)20-9-11-4-6-12(19-2)7-5-11/h3-8H,9H2,1-2H3,(H3,16,17). The fourth-order valence-corrected chi connectivity index (χ4v) is 1.72. The molecule has 0 bridgehead atoms. The fourth-order valence-electron chi connectivity index (χ4n) is 1.72. The summed E-state index contributed by atoms with van der Waals surface area (Å²) in [5, 5.41) is 7.52. The van der Waals surface area contributed by atoms with Gasteiger partial charge in [-0.25, -0.2) is 4.98 Å². The summed E-state index contributed by atoms with van der Waals surface area (Å²) in [5.74, 6) is 1.13. The highest BCUT2D eigenvalue weighted by Crippen LogP contribution is 2.18. The number of hydrogen-bond donors (Lipinski definition) is 2. The summed E-state index contributed by atoms with van der Waals surface area (Å²) < 4.78 is 10.8. The van der Waals surface area contributed by atoms with Gasteiger partial charge in [-0.2, -0.15) is 0 Å². The molecule has 5 heteroatoms. The summed E-state index contributed by atoms with van der Waals surface area (Å²) in [6, 6.07) is 11.1. The molecule has 104 valence electrons. The van der Waals surface area contributed by atoms with E-state index in [1.807, 2.05) is 31.2 Å². The highest BCUT2D eigenvalue weighted by molar-refractivity contribution is 5.97. The van der Waals surface area contributed by atoms with Crippen LogP contribution in [0.2, 0.25) is 0 Å². The molecule has 1 aromatic heterocycles. The molecule has 0 saturated heterocycles. The number of amidine groups is 1. The second kappa shape index (κ2) is 6.06. The van der Waals surface area contributed by atoms with Crippen LogP contribution in [0.15, 0.2) is 36.4 Å². The third-order valence-electron chi connectivity index (χ3n) is 2.82. The van der Waals surface area contributed by atoms with Crippen molar-refractivity contribution in [1.82, 2.24) is 4.98 Å². The first-order chi connectivity index (χ1) is 9.60. The molecule has 5 nitrogen and oxygen atoms in total. The lowest BCUT2D eigenvalue weighted by atomic mass is 10.2. The number of hydrogen-bond acceptors (Lipinski definition) is 4. The van der Waals surface area contributed by atoms with Gasteiger partial charge in [-0.3, -0.25) is 5.41 Å². The van der Waals surface area contributed by atoms with E-state index in [1.54, 1.807) is 19.2 Å². The first-order valence-electron chi connectivity index (χ1n) is 6.18. The minimum Gasteiger partial charge on any atom is -0.497 e. The van der Waals surface area contributed by atoms with Crippen LogP contribution < -0.4 is 15.2 Å². The Morgan fingerprint density at radius 2 is 1.90 bits per heavy atom. The third kappa shape index (κ3) is 3.26. The number of benzene rings is 1. The summed E-state index contributed by atoms with van der Waals surface area (Å²) in [6.45, 7) is 2.23. The molecule has 0 radical (unpaired) electrons. The number of methoxy groups -OCH3 is 1. The molecule has 0 aliphatic heterocycles. The minimum atomic E-state index is -0.0535. The molecule has 0 aliphatic carbocycles. The third-order valence-corrected chi connectivity index (χ3v) is 2.82. The van der Waals surface area contributed by atoms with Crippen LogP contribution in [-0.4, -0.2) is 17.9 Å². The lowest BCUT2D eigenvalue weighted by Crippen LogP contribution is -2.14. The van der Waals surface area contributed by atoms with Gasteiger partial charge < -0.3 is 15.2 Å². The van der Waals surface area contributed by atoms with Gasteiger partial charge in [0.25, 0.3) is 0 Å². The quantitative estimate of drug-likeness (QED) is 0.645. The molecule has 0 spiro atoms. The summed E-state index contributed by atoms with van der Waals surface area (Å²) in [7, 11) is 1.63. The van der Waals surface area contributed by atoms with Crippen molar-refractivity contribution in [2.45, 2.75) is 13.5 Å². The maximum Gasteiger partial charge on any atom is 0.225 e. The topological polar surface area (TPSA) is 81.2 Å². The van der Waals surface area contributed by atoms with Gasteiger partial charge in [0.05, 0.1) is 12.7 Å². The zero-order chi connectivity index (χ0) is 14.5. The molecule has 2 rings (SSSR count). The first-order valence-corrected chi connectivity index (χ1v) is 6.18. The van der Waals surface area contributed by atoms with Crippen molar-refractivity contribution in [2.24, 2.45) is 5.73 Å². The molecule has 1 aromatic carbocycles. The summed E-state index contributed by atoms with van der Waals surface area (Å²) in [5.41, 5.74) is 7.83. The summed E-state index contributed by atoms with van der Waals surface area (Å²) in [4.78, 5) is 4.28. The van der Waals surface area contributed by atoms with Crippen LogP contribution in [0.4, 0.5) is 0 Å². The molecule has 20 heavy (non-hydrogen) atoms. The molecule has 0 unspecified atom stereocenters. The Labute approximate surface area is 117 Å². The molecule has 0 atom stereocenters. The number of rotatable bonds is 5. The molecule has 1 heterocycles. The molecule has 3 N–H and O–H groups in total. The Morgan fingerprint density at radius 3 is 2.50 bits per heavy atom. The van der Waals surface area contributed by atoms with E-state index >= 15 is 0 Å². The number of nitrogens with zero attached hydrogens (tertiary/aromatic N) is 1. The van der Waals surface area contributed by atoms with E-state index in [1.165, 1.54) is 0 Å². The zero-order valence-corrected chi connectivity index (χ0v) is 11.5. The van der Waals surface area contributed by atoms with Crippen molar-refractivity contribution in [2.75, 3.05) is 7.11 Å². The fraction of sp³-hybridized carbons (Fsp3) is 0.200. The molecule has 0 saturated carbocycles. The number of nitrogens with one attached hydrogen (secondary N) is 1. The zero-order valence-electron chi connectivity index (χ0n) is 11.5. The lowest BCUT2D eigenvalue weighted by Gasteiger charge is -2.10. The van der Waals surface area contributed by atoms with E-state index in [4.69, 9.17) is 20.6 Å². The molecule has 0 fully saturated rings. The van der Waals surface area contributed by atoms with Crippen LogP contribution in [-0.2, 0) is 6.61 Å². The number of pyridine rings is 1. The normalized spacial score (nSPS) is 10.1. The van der Waals surface area contributed by atoms with Crippen molar-refractivity contribution in [3.63, 3.8) is 0 Å². The Kier molecular flexibility index (Phi) is 4.20.